The number of halogens is 1. The van der Waals surface area contributed by atoms with Crippen LogP contribution in [-0.2, 0) is 0 Å². The van der Waals surface area contributed by atoms with E-state index in [0.717, 1.165) is 12.5 Å². The van der Waals surface area contributed by atoms with Crippen LogP contribution in [0.5, 0.6) is 5.75 Å². The highest BCUT2D eigenvalue weighted by Crippen LogP contribution is 2.22. The summed E-state index contributed by atoms with van der Waals surface area (Å²) in [6.45, 7) is 1.74. The molecule has 20 heavy (non-hydrogen) atoms. The zero-order chi connectivity index (χ0) is 14.2. The molecule has 1 atom stereocenters. The van der Waals surface area contributed by atoms with E-state index in [4.69, 9.17) is 4.74 Å². The van der Waals surface area contributed by atoms with E-state index in [9.17, 15) is 9.50 Å². The van der Waals surface area contributed by atoms with Crippen LogP contribution < -0.4 is 10.1 Å². The van der Waals surface area contributed by atoms with Gasteiger partial charge in [0, 0.05) is 6.54 Å². The molecule has 0 amide bonds. The lowest BCUT2D eigenvalue weighted by Crippen LogP contribution is -2.34. The van der Waals surface area contributed by atoms with Crippen LogP contribution in [0.25, 0.3) is 0 Å². The van der Waals surface area contributed by atoms with Crippen molar-refractivity contribution in [2.24, 2.45) is 5.92 Å². The number of benzene rings is 1. The molecule has 0 aliphatic heterocycles. The normalized spacial score (nSPS) is 17.9. The molecule has 0 radical (unpaired) electrons. The van der Waals surface area contributed by atoms with Gasteiger partial charge in [-0.1, -0.05) is 19.3 Å². The Kier molecular flexibility index (Phi) is 6.27. The van der Waals surface area contributed by atoms with Crippen LogP contribution in [-0.4, -0.2) is 30.9 Å². The molecule has 3 nitrogen and oxygen atoms in total. The van der Waals surface area contributed by atoms with E-state index in [1.54, 1.807) is 12.1 Å². The zero-order valence-corrected chi connectivity index (χ0v) is 11.9. The average Bonchev–Trinajstić information content (AvgIpc) is 2.48. The second-order valence-electron chi connectivity index (χ2n) is 5.58. The van der Waals surface area contributed by atoms with Crippen LogP contribution in [0.4, 0.5) is 4.39 Å². The van der Waals surface area contributed by atoms with Gasteiger partial charge in [-0.25, -0.2) is 4.39 Å². The van der Waals surface area contributed by atoms with Gasteiger partial charge in [-0.2, -0.15) is 0 Å². The highest BCUT2D eigenvalue weighted by Gasteiger charge is 2.13. The fourth-order valence-electron chi connectivity index (χ4n) is 2.63. The minimum atomic E-state index is -0.538. The molecule has 1 aromatic rings. The second-order valence-corrected chi connectivity index (χ2v) is 5.58. The Labute approximate surface area is 120 Å². The summed E-state index contributed by atoms with van der Waals surface area (Å²) in [5.74, 6) is 1.05. The first-order valence-electron chi connectivity index (χ1n) is 7.51. The number of aliphatic hydroxyl groups excluding tert-OH is 1. The predicted molar refractivity (Wildman–Crippen MR) is 77.3 cm³/mol. The number of hydrogen-bond donors (Lipinski definition) is 2. The van der Waals surface area contributed by atoms with Crippen LogP contribution in [0, 0.1) is 11.7 Å². The first-order chi connectivity index (χ1) is 9.74. The lowest BCUT2D eigenvalue weighted by Gasteiger charge is -2.22. The molecule has 2 N–H and O–H groups in total. The van der Waals surface area contributed by atoms with E-state index in [1.165, 1.54) is 44.2 Å². The predicted octanol–water partition coefficient (Wildman–Crippen LogP) is 2.74. The summed E-state index contributed by atoms with van der Waals surface area (Å²) in [5, 5.41) is 13.1. The molecule has 0 heterocycles. The van der Waals surface area contributed by atoms with E-state index in [0.29, 0.717) is 12.3 Å². The molecule has 2 rings (SSSR count). The van der Waals surface area contributed by atoms with Gasteiger partial charge in [-0.05, 0) is 49.6 Å². The van der Waals surface area contributed by atoms with Gasteiger partial charge in [-0.15, -0.1) is 0 Å². The van der Waals surface area contributed by atoms with Gasteiger partial charge >= 0.3 is 0 Å². The second kappa shape index (κ2) is 8.22. The van der Waals surface area contributed by atoms with Gasteiger partial charge in [-0.3, -0.25) is 0 Å². The van der Waals surface area contributed by atoms with Crippen LogP contribution in [0.2, 0.25) is 0 Å². The van der Waals surface area contributed by atoms with Crippen LogP contribution in [0.3, 0.4) is 0 Å². The van der Waals surface area contributed by atoms with Crippen molar-refractivity contribution in [3.05, 3.63) is 30.1 Å². The van der Waals surface area contributed by atoms with Crippen LogP contribution in [0.15, 0.2) is 24.3 Å². The van der Waals surface area contributed by atoms with E-state index in [1.807, 2.05) is 0 Å². The van der Waals surface area contributed by atoms with Crippen molar-refractivity contribution < 1.29 is 14.2 Å². The van der Waals surface area contributed by atoms with Crippen molar-refractivity contribution in [3.63, 3.8) is 0 Å². The molecule has 1 unspecified atom stereocenters. The van der Waals surface area contributed by atoms with Gasteiger partial charge in [0.1, 0.15) is 24.3 Å². The SMILES string of the molecule is OC(CNCC1CCCCC1)COc1ccc(F)cc1. The summed E-state index contributed by atoms with van der Waals surface area (Å²) >= 11 is 0. The smallest absolute Gasteiger partial charge is 0.123 e. The monoisotopic (exact) mass is 281 g/mol. The number of ether oxygens (including phenoxy) is 1. The maximum Gasteiger partial charge on any atom is 0.123 e. The van der Waals surface area contributed by atoms with Crippen molar-refractivity contribution in [1.82, 2.24) is 5.32 Å². The van der Waals surface area contributed by atoms with Crippen LogP contribution in [0.1, 0.15) is 32.1 Å². The molecule has 1 fully saturated rings. The molecule has 1 aliphatic rings. The van der Waals surface area contributed by atoms with E-state index < -0.39 is 6.10 Å². The Morgan fingerprint density at radius 1 is 1.20 bits per heavy atom. The molecule has 4 heteroatoms. The van der Waals surface area contributed by atoms with Crippen molar-refractivity contribution in [2.75, 3.05) is 19.7 Å². The molecular weight excluding hydrogens is 257 g/mol. The van der Waals surface area contributed by atoms with E-state index in [2.05, 4.69) is 5.32 Å². The third-order valence-corrected chi connectivity index (χ3v) is 3.79. The third kappa shape index (κ3) is 5.47. The van der Waals surface area contributed by atoms with Crippen molar-refractivity contribution in [3.8, 4) is 5.75 Å². The third-order valence-electron chi connectivity index (χ3n) is 3.79. The maximum atomic E-state index is 12.7. The fraction of sp³-hybridized carbons (Fsp3) is 0.625. The quantitative estimate of drug-likeness (QED) is 0.807. The van der Waals surface area contributed by atoms with Crippen LogP contribution >= 0.6 is 0 Å². The largest absolute Gasteiger partial charge is 0.491 e. The lowest BCUT2D eigenvalue weighted by molar-refractivity contribution is 0.105. The molecule has 1 aliphatic carbocycles. The highest BCUT2D eigenvalue weighted by molar-refractivity contribution is 5.22. The molecule has 1 aromatic carbocycles. The summed E-state index contributed by atoms with van der Waals surface area (Å²) in [6, 6.07) is 5.83. The standard InChI is InChI=1S/C16H24FNO2/c17-14-6-8-16(9-7-14)20-12-15(19)11-18-10-13-4-2-1-3-5-13/h6-9,13,15,18-19H,1-5,10-12H2. The molecule has 1 saturated carbocycles. The minimum absolute atomic E-state index is 0.225. The van der Waals surface area contributed by atoms with Gasteiger partial charge in [0.05, 0.1) is 0 Å². The van der Waals surface area contributed by atoms with E-state index >= 15 is 0 Å². The Hall–Kier alpha value is -1.13. The topological polar surface area (TPSA) is 41.5 Å². The zero-order valence-electron chi connectivity index (χ0n) is 11.9. The summed E-state index contributed by atoms with van der Waals surface area (Å²) in [6.07, 6.45) is 6.10. The molecule has 0 aromatic heterocycles. The Morgan fingerprint density at radius 3 is 2.60 bits per heavy atom. The maximum absolute atomic E-state index is 12.7. The average molecular weight is 281 g/mol. The summed E-state index contributed by atoms with van der Waals surface area (Å²) in [7, 11) is 0. The number of hydrogen-bond acceptors (Lipinski definition) is 3. The van der Waals surface area contributed by atoms with Crippen molar-refractivity contribution in [2.45, 2.75) is 38.2 Å². The molecule has 0 saturated heterocycles. The Morgan fingerprint density at radius 2 is 1.90 bits per heavy atom. The van der Waals surface area contributed by atoms with Gasteiger partial charge in [0.25, 0.3) is 0 Å². The van der Waals surface area contributed by atoms with Crippen molar-refractivity contribution >= 4 is 0 Å². The molecule has 0 spiro atoms. The van der Waals surface area contributed by atoms with E-state index in [-0.39, 0.29) is 12.4 Å². The van der Waals surface area contributed by atoms with Gasteiger partial charge in [0.15, 0.2) is 0 Å². The summed E-state index contributed by atoms with van der Waals surface area (Å²) in [5.41, 5.74) is 0. The van der Waals surface area contributed by atoms with Crippen molar-refractivity contribution in [1.29, 1.82) is 0 Å². The number of nitrogens with one attached hydrogen (secondary N) is 1. The Balaban J connectivity index is 1.57. The Bertz CT molecular complexity index is 377. The lowest BCUT2D eigenvalue weighted by atomic mass is 9.89. The molecular formula is C16H24FNO2. The summed E-state index contributed by atoms with van der Waals surface area (Å²) in [4.78, 5) is 0. The number of aliphatic hydroxyl groups is 1. The minimum Gasteiger partial charge on any atom is -0.491 e. The highest BCUT2D eigenvalue weighted by atomic mass is 19.1. The first kappa shape index (κ1) is 15.3. The first-order valence-corrected chi connectivity index (χ1v) is 7.51. The fourth-order valence-corrected chi connectivity index (χ4v) is 2.63. The van der Waals surface area contributed by atoms with Gasteiger partial charge < -0.3 is 15.2 Å². The van der Waals surface area contributed by atoms with Gasteiger partial charge in [0.2, 0.25) is 0 Å². The number of rotatable bonds is 7. The summed E-state index contributed by atoms with van der Waals surface area (Å²) < 4.78 is 18.1. The molecule has 112 valence electrons. The molecule has 0 bridgehead atoms.